The standard InChI is InChI=1S/C18H17N7O2S/c26-16(23-14-8-15(20-10-19-14)24-6-2-5-21-24)7-11-9-28-18-22-13-4-1-3-12(13)17(27)25(11)18/h2,5-6,8,10-11H,1,3-4,7,9H2,(H,19,20,23,26). The molecule has 3 aromatic rings. The third-order valence-electron chi connectivity index (χ3n) is 4.95. The maximum Gasteiger partial charge on any atom is 0.257 e. The first-order valence-corrected chi connectivity index (χ1v) is 10.1. The van der Waals surface area contributed by atoms with E-state index in [1.807, 2.05) is 0 Å². The Balaban J connectivity index is 1.33. The molecule has 0 spiro atoms. The Morgan fingerprint density at radius 3 is 3.11 bits per heavy atom. The summed E-state index contributed by atoms with van der Waals surface area (Å²) in [5.41, 5.74) is 1.76. The van der Waals surface area contributed by atoms with Gasteiger partial charge in [0.05, 0.1) is 11.7 Å². The molecule has 1 N–H and O–H groups in total. The topological polar surface area (TPSA) is 108 Å². The molecule has 0 fully saturated rings. The lowest BCUT2D eigenvalue weighted by Crippen LogP contribution is -2.30. The molecule has 1 atom stereocenters. The molecule has 10 heteroatoms. The molecule has 0 saturated heterocycles. The van der Waals surface area contributed by atoms with Crippen LogP contribution in [0.3, 0.4) is 0 Å². The van der Waals surface area contributed by atoms with E-state index < -0.39 is 0 Å². The van der Waals surface area contributed by atoms with Crippen LogP contribution in [-0.2, 0) is 17.6 Å². The molecule has 0 bridgehead atoms. The lowest BCUT2D eigenvalue weighted by molar-refractivity contribution is -0.116. The van der Waals surface area contributed by atoms with E-state index in [0.29, 0.717) is 17.4 Å². The van der Waals surface area contributed by atoms with Crippen molar-refractivity contribution in [2.45, 2.75) is 36.9 Å². The number of anilines is 1. The Morgan fingerprint density at radius 2 is 2.25 bits per heavy atom. The Bertz CT molecular complexity index is 1110. The second-order valence-corrected chi connectivity index (χ2v) is 7.76. The fourth-order valence-electron chi connectivity index (χ4n) is 3.66. The van der Waals surface area contributed by atoms with Gasteiger partial charge in [-0.05, 0) is 25.3 Å². The quantitative estimate of drug-likeness (QED) is 0.665. The monoisotopic (exact) mass is 395 g/mol. The van der Waals surface area contributed by atoms with Gasteiger partial charge in [0.2, 0.25) is 5.91 Å². The lowest BCUT2D eigenvalue weighted by atomic mass is 10.2. The smallest absolute Gasteiger partial charge is 0.257 e. The number of nitrogens with one attached hydrogen (secondary N) is 1. The number of aryl methyl sites for hydroxylation is 1. The second-order valence-electron chi connectivity index (χ2n) is 6.78. The SMILES string of the molecule is O=C(CC1CSc2nc3c(c(=O)n21)CCC3)Nc1cc(-n2cccn2)ncn1. The Morgan fingerprint density at radius 1 is 1.32 bits per heavy atom. The molecular weight excluding hydrogens is 378 g/mol. The zero-order valence-corrected chi connectivity index (χ0v) is 15.7. The van der Waals surface area contributed by atoms with Crippen LogP contribution in [0.25, 0.3) is 5.82 Å². The molecule has 1 aliphatic carbocycles. The average Bonchev–Trinajstić information content (AvgIpc) is 3.43. The zero-order chi connectivity index (χ0) is 19.1. The van der Waals surface area contributed by atoms with Crippen LogP contribution in [0.2, 0.25) is 0 Å². The fraction of sp³-hybridized carbons (Fsp3) is 0.333. The molecule has 1 amide bonds. The van der Waals surface area contributed by atoms with Gasteiger partial charge in [0.1, 0.15) is 12.1 Å². The van der Waals surface area contributed by atoms with Crippen molar-refractivity contribution in [2.24, 2.45) is 0 Å². The molecular formula is C18H17N7O2S. The summed E-state index contributed by atoms with van der Waals surface area (Å²) < 4.78 is 3.29. The summed E-state index contributed by atoms with van der Waals surface area (Å²) in [5.74, 6) is 1.43. The molecule has 5 rings (SSSR count). The minimum absolute atomic E-state index is 0.0169. The van der Waals surface area contributed by atoms with Crippen molar-refractivity contribution in [2.75, 3.05) is 11.1 Å². The molecule has 1 unspecified atom stereocenters. The second kappa shape index (κ2) is 6.86. The van der Waals surface area contributed by atoms with E-state index in [0.717, 1.165) is 35.7 Å². The number of hydrogen-bond donors (Lipinski definition) is 1. The van der Waals surface area contributed by atoms with Crippen molar-refractivity contribution in [1.82, 2.24) is 29.3 Å². The summed E-state index contributed by atoms with van der Waals surface area (Å²) in [6, 6.07) is 3.25. The minimum atomic E-state index is -0.198. The number of rotatable bonds is 4. The van der Waals surface area contributed by atoms with E-state index in [2.05, 4.69) is 25.4 Å². The number of amides is 1. The fourth-order valence-corrected chi connectivity index (χ4v) is 4.81. The van der Waals surface area contributed by atoms with E-state index in [4.69, 9.17) is 0 Å². The molecule has 142 valence electrons. The van der Waals surface area contributed by atoms with Crippen molar-refractivity contribution in [3.8, 4) is 5.82 Å². The number of nitrogens with zero attached hydrogens (tertiary/aromatic N) is 6. The van der Waals surface area contributed by atoms with Crippen molar-refractivity contribution in [3.05, 3.63) is 52.5 Å². The predicted molar refractivity (Wildman–Crippen MR) is 103 cm³/mol. The number of carbonyl (C=O) groups is 1. The molecule has 0 radical (unpaired) electrons. The molecule has 28 heavy (non-hydrogen) atoms. The lowest BCUT2D eigenvalue weighted by Gasteiger charge is -2.14. The highest BCUT2D eigenvalue weighted by atomic mass is 32.2. The first-order valence-electron chi connectivity index (χ1n) is 9.08. The molecule has 2 aliphatic rings. The van der Waals surface area contributed by atoms with Crippen LogP contribution >= 0.6 is 11.8 Å². The van der Waals surface area contributed by atoms with E-state index in [1.165, 1.54) is 18.1 Å². The Labute approximate surface area is 164 Å². The maximum absolute atomic E-state index is 12.8. The van der Waals surface area contributed by atoms with Crippen LogP contribution in [0, 0.1) is 0 Å². The predicted octanol–water partition coefficient (Wildman–Crippen LogP) is 1.38. The Kier molecular flexibility index (Phi) is 4.19. The summed E-state index contributed by atoms with van der Waals surface area (Å²) in [7, 11) is 0. The van der Waals surface area contributed by atoms with Crippen molar-refractivity contribution >= 4 is 23.5 Å². The summed E-state index contributed by atoms with van der Waals surface area (Å²) in [4.78, 5) is 38.3. The number of fused-ring (bicyclic) bond motifs is 2. The van der Waals surface area contributed by atoms with E-state index >= 15 is 0 Å². The number of hydrogen-bond acceptors (Lipinski definition) is 7. The van der Waals surface area contributed by atoms with Crippen LogP contribution in [0.15, 0.2) is 40.8 Å². The number of carbonyl (C=O) groups excluding carboxylic acids is 1. The van der Waals surface area contributed by atoms with Crippen molar-refractivity contribution in [3.63, 3.8) is 0 Å². The summed E-state index contributed by atoms with van der Waals surface area (Å²) in [6.07, 6.45) is 7.62. The van der Waals surface area contributed by atoms with Crippen LogP contribution < -0.4 is 10.9 Å². The van der Waals surface area contributed by atoms with Crippen LogP contribution in [0.4, 0.5) is 5.82 Å². The van der Waals surface area contributed by atoms with Gasteiger partial charge < -0.3 is 5.32 Å². The number of thioether (sulfide) groups is 1. The molecule has 0 saturated carbocycles. The van der Waals surface area contributed by atoms with Gasteiger partial charge in [-0.15, -0.1) is 0 Å². The number of aromatic nitrogens is 6. The molecule has 0 aromatic carbocycles. The van der Waals surface area contributed by atoms with Gasteiger partial charge in [-0.25, -0.2) is 19.6 Å². The average molecular weight is 395 g/mol. The van der Waals surface area contributed by atoms with E-state index in [1.54, 1.807) is 33.8 Å². The maximum atomic E-state index is 12.8. The summed E-state index contributed by atoms with van der Waals surface area (Å²) in [6.45, 7) is 0. The highest BCUT2D eigenvalue weighted by Crippen LogP contribution is 2.34. The van der Waals surface area contributed by atoms with Crippen molar-refractivity contribution < 1.29 is 4.79 Å². The highest BCUT2D eigenvalue weighted by molar-refractivity contribution is 7.99. The molecule has 9 nitrogen and oxygen atoms in total. The third kappa shape index (κ3) is 2.99. The van der Waals surface area contributed by atoms with Gasteiger partial charge in [-0.2, -0.15) is 5.10 Å². The summed E-state index contributed by atoms with van der Waals surface area (Å²) >= 11 is 1.54. The normalized spacial score (nSPS) is 17.4. The molecule has 3 aromatic heterocycles. The van der Waals surface area contributed by atoms with Gasteiger partial charge >= 0.3 is 0 Å². The summed E-state index contributed by atoms with van der Waals surface area (Å²) in [5, 5.41) is 7.64. The third-order valence-corrected chi connectivity index (χ3v) is 6.05. The van der Waals surface area contributed by atoms with Crippen LogP contribution in [0.5, 0.6) is 0 Å². The van der Waals surface area contributed by atoms with Gasteiger partial charge in [0.15, 0.2) is 11.0 Å². The van der Waals surface area contributed by atoms with Gasteiger partial charge in [-0.3, -0.25) is 14.2 Å². The van der Waals surface area contributed by atoms with Crippen LogP contribution in [-0.4, -0.2) is 41.0 Å². The first kappa shape index (κ1) is 17.1. The van der Waals surface area contributed by atoms with Gasteiger partial charge in [0, 0.05) is 36.2 Å². The molecule has 4 heterocycles. The van der Waals surface area contributed by atoms with Gasteiger partial charge in [-0.1, -0.05) is 11.8 Å². The minimum Gasteiger partial charge on any atom is -0.310 e. The zero-order valence-electron chi connectivity index (χ0n) is 14.9. The van der Waals surface area contributed by atoms with Crippen molar-refractivity contribution in [1.29, 1.82) is 0 Å². The molecule has 1 aliphatic heterocycles. The first-order chi connectivity index (χ1) is 13.7. The Hall–Kier alpha value is -3.01. The van der Waals surface area contributed by atoms with Gasteiger partial charge in [0.25, 0.3) is 5.56 Å². The van der Waals surface area contributed by atoms with E-state index in [-0.39, 0.29) is 23.9 Å². The van der Waals surface area contributed by atoms with Crippen LogP contribution in [0.1, 0.15) is 30.1 Å². The highest BCUT2D eigenvalue weighted by Gasteiger charge is 2.31. The van der Waals surface area contributed by atoms with E-state index in [9.17, 15) is 9.59 Å². The largest absolute Gasteiger partial charge is 0.310 e.